The second-order valence-electron chi connectivity index (χ2n) is 1.42. The van der Waals surface area contributed by atoms with Crippen LogP contribution in [0, 0.1) is 0 Å². The quantitative estimate of drug-likeness (QED) is 0.394. The molecule has 1 aliphatic heterocycles. The molecule has 1 rings (SSSR count). The summed E-state index contributed by atoms with van der Waals surface area (Å²) in [5.41, 5.74) is 0. The van der Waals surface area contributed by atoms with E-state index in [2.05, 4.69) is 0 Å². The molecule has 5 heteroatoms. The van der Waals surface area contributed by atoms with Crippen LogP contribution < -0.4 is 0 Å². The van der Waals surface area contributed by atoms with Crippen molar-refractivity contribution >= 4 is 15.9 Å². The molecule has 8 heavy (non-hydrogen) atoms. The molecule has 0 bridgehead atoms. The summed E-state index contributed by atoms with van der Waals surface area (Å²) in [6, 6.07) is 0. The Balaban J connectivity index is 0.000000490. The van der Waals surface area contributed by atoms with Gasteiger partial charge in [-0.1, -0.05) is 0 Å². The smallest absolute Gasteiger partial charge is 0.482 e. The van der Waals surface area contributed by atoms with E-state index in [1.54, 1.807) is 0 Å². The van der Waals surface area contributed by atoms with Gasteiger partial charge in [-0.2, -0.15) is 0 Å². The minimum atomic E-state index is -0.388. The van der Waals surface area contributed by atoms with E-state index in [1.807, 2.05) is 0 Å². The molecule has 1 fully saturated rings. The maximum Gasteiger partial charge on any atom is 0.668 e. The third-order valence-electron chi connectivity index (χ3n) is 0.713. The van der Waals surface area contributed by atoms with Crippen molar-refractivity contribution in [3.8, 4) is 0 Å². The second-order valence-corrected chi connectivity index (χ2v) is 2.28. The van der Waals surface area contributed by atoms with Gasteiger partial charge >= 0.3 is 15.9 Å². The highest BCUT2D eigenvalue weighted by Crippen LogP contribution is 1.91. The monoisotopic (exact) mass is 135 g/mol. The van der Waals surface area contributed by atoms with Crippen LogP contribution in [-0.4, -0.2) is 45.8 Å². The first-order valence-electron chi connectivity index (χ1n) is 2.12. The summed E-state index contributed by atoms with van der Waals surface area (Å²) in [6.45, 7) is 0.907. The van der Waals surface area contributed by atoms with E-state index in [4.69, 9.17) is 12.7 Å². The molecular formula is C3H8AlO4. The largest absolute Gasteiger partial charge is 0.668 e. The first-order chi connectivity index (χ1) is 3.39. The molecule has 4 nitrogen and oxygen atoms in total. The predicted octanol–water partition coefficient (Wildman–Crippen LogP) is -1.90. The van der Waals surface area contributed by atoms with Crippen molar-refractivity contribution in [1.82, 2.24) is 0 Å². The summed E-state index contributed by atoms with van der Waals surface area (Å²) in [6.07, 6.45) is -0.388. The van der Waals surface area contributed by atoms with Crippen molar-refractivity contribution in [1.29, 1.82) is 0 Å². The van der Waals surface area contributed by atoms with E-state index in [0.717, 1.165) is 0 Å². The van der Waals surface area contributed by atoms with Crippen LogP contribution in [0.2, 0.25) is 0 Å². The Morgan fingerprint density at radius 1 is 1.38 bits per heavy atom. The molecule has 0 saturated carbocycles. The molecule has 0 aromatic carbocycles. The van der Waals surface area contributed by atoms with Gasteiger partial charge < -0.3 is 18.2 Å². The Bertz CT molecular complexity index is 53.2. The van der Waals surface area contributed by atoms with Crippen molar-refractivity contribution in [2.45, 2.75) is 6.10 Å². The molecule has 3 N–H and O–H groups in total. The second kappa shape index (κ2) is 4.27. The highest BCUT2D eigenvalue weighted by molar-refractivity contribution is 6.18. The Morgan fingerprint density at radius 3 is 2.12 bits per heavy atom. The molecule has 0 amide bonds. The lowest BCUT2D eigenvalue weighted by Crippen LogP contribution is -2.30. The fourth-order valence-corrected chi connectivity index (χ4v) is 1.09. The molecule has 0 aromatic rings. The number of hydrogen-bond donors (Lipinski definition) is 1. The maximum atomic E-state index is 8.67. The lowest BCUT2D eigenvalue weighted by atomic mass is 10.4. The maximum absolute atomic E-state index is 8.67. The molecule has 0 unspecified atom stereocenters. The zero-order valence-corrected chi connectivity index (χ0v) is 5.49. The van der Waals surface area contributed by atoms with Gasteiger partial charge in [0.05, 0.1) is 6.10 Å². The minimum absolute atomic E-state index is 0. The van der Waals surface area contributed by atoms with Gasteiger partial charge in [-0.3, -0.25) is 0 Å². The van der Waals surface area contributed by atoms with Crippen LogP contribution in [0.25, 0.3) is 0 Å². The first-order valence-corrected chi connectivity index (χ1v) is 3.07. The van der Waals surface area contributed by atoms with E-state index in [0.29, 0.717) is 13.2 Å². The van der Waals surface area contributed by atoms with Crippen LogP contribution in [-0.2, 0) is 7.58 Å². The number of aliphatic hydroxyl groups excluding tert-OH is 1. The van der Waals surface area contributed by atoms with Crippen LogP contribution in [0.5, 0.6) is 0 Å². The highest BCUT2D eigenvalue weighted by Gasteiger charge is 2.11. The first kappa shape index (κ1) is 8.37. The minimum Gasteiger partial charge on any atom is -0.482 e. The van der Waals surface area contributed by atoms with Gasteiger partial charge in [-0.05, 0) is 0 Å². The molecule has 0 aromatic heterocycles. The average Bonchev–Trinajstić information content (AvgIpc) is 1.69. The molecule has 0 atom stereocenters. The third-order valence-corrected chi connectivity index (χ3v) is 1.37. The van der Waals surface area contributed by atoms with Crippen molar-refractivity contribution in [3.63, 3.8) is 0 Å². The Labute approximate surface area is 54.1 Å². The lowest BCUT2D eigenvalue weighted by molar-refractivity contribution is 0.0158. The normalized spacial score (nSPS) is 21.1. The van der Waals surface area contributed by atoms with Gasteiger partial charge in [0.2, 0.25) is 0 Å². The fraction of sp³-hybridized carbons (Fsp3) is 1.00. The number of aliphatic hydroxyl groups is 1. The lowest BCUT2D eigenvalue weighted by Gasteiger charge is -2.16. The summed E-state index contributed by atoms with van der Waals surface area (Å²) in [5, 5.41) is 8.67. The molecule has 0 spiro atoms. The van der Waals surface area contributed by atoms with Crippen LogP contribution in [0.4, 0.5) is 0 Å². The molecule has 0 aliphatic carbocycles. The van der Waals surface area contributed by atoms with E-state index < -0.39 is 0 Å². The SMILES string of the molecule is O.OC1C[O][Al][O]C1. The highest BCUT2D eigenvalue weighted by atomic mass is 27.2. The fourth-order valence-electron chi connectivity index (χ4n) is 0.397. The van der Waals surface area contributed by atoms with Gasteiger partial charge in [-0.25, -0.2) is 0 Å². The summed E-state index contributed by atoms with van der Waals surface area (Å²) in [5.74, 6) is 0. The summed E-state index contributed by atoms with van der Waals surface area (Å²) in [4.78, 5) is 0. The van der Waals surface area contributed by atoms with Crippen molar-refractivity contribution in [2.24, 2.45) is 0 Å². The Morgan fingerprint density at radius 2 is 1.88 bits per heavy atom. The molecule has 1 saturated heterocycles. The topological polar surface area (TPSA) is 70.2 Å². The molecule has 1 aliphatic rings. The van der Waals surface area contributed by atoms with Crippen molar-refractivity contribution in [3.05, 3.63) is 0 Å². The Hall–Kier alpha value is 0.372. The summed E-state index contributed by atoms with van der Waals surface area (Å²) in [7, 11) is 0. The zero-order valence-electron chi connectivity index (χ0n) is 4.33. The van der Waals surface area contributed by atoms with Gasteiger partial charge in [0.1, 0.15) is 0 Å². The van der Waals surface area contributed by atoms with Crippen molar-refractivity contribution in [2.75, 3.05) is 13.2 Å². The van der Waals surface area contributed by atoms with Crippen LogP contribution in [0.3, 0.4) is 0 Å². The van der Waals surface area contributed by atoms with Gasteiger partial charge in [0, 0.05) is 13.2 Å². The van der Waals surface area contributed by atoms with E-state index >= 15 is 0 Å². The third kappa shape index (κ3) is 2.62. The zero-order chi connectivity index (χ0) is 5.11. The van der Waals surface area contributed by atoms with Crippen LogP contribution in [0.15, 0.2) is 0 Å². The number of hydrogen-bond acceptors (Lipinski definition) is 3. The molecule has 47 valence electrons. The van der Waals surface area contributed by atoms with Gasteiger partial charge in [0.25, 0.3) is 0 Å². The average molecular weight is 135 g/mol. The van der Waals surface area contributed by atoms with Gasteiger partial charge in [-0.15, -0.1) is 0 Å². The van der Waals surface area contributed by atoms with Gasteiger partial charge in [0.15, 0.2) is 0 Å². The van der Waals surface area contributed by atoms with E-state index in [9.17, 15) is 0 Å². The van der Waals surface area contributed by atoms with E-state index in [1.165, 1.54) is 0 Å². The number of rotatable bonds is 0. The predicted molar refractivity (Wildman–Crippen MR) is 27.3 cm³/mol. The molecular weight excluding hydrogens is 127 g/mol. The summed E-state index contributed by atoms with van der Waals surface area (Å²) >= 11 is -0.278. The Kier molecular flexibility index (Phi) is 4.47. The standard InChI is InChI=1S/C3H6O3.Al.H2O/c4-1-3(6)2-5;;/h3,6H,1-2H2;;1H2/q-2;+2;. The molecule has 1 radical (unpaired) electrons. The molecule has 1 heterocycles. The van der Waals surface area contributed by atoms with E-state index in [-0.39, 0.29) is 27.5 Å². The van der Waals surface area contributed by atoms with Crippen LogP contribution in [0.1, 0.15) is 0 Å². The van der Waals surface area contributed by atoms with Crippen LogP contribution >= 0.6 is 0 Å². The van der Waals surface area contributed by atoms with Crippen molar-refractivity contribution < 1.29 is 18.2 Å². The summed E-state index contributed by atoms with van der Waals surface area (Å²) < 4.78 is 9.59.